The van der Waals surface area contributed by atoms with Crippen molar-refractivity contribution in [3.05, 3.63) is 0 Å². The zero-order valence-electron chi connectivity index (χ0n) is 30.9. The summed E-state index contributed by atoms with van der Waals surface area (Å²) in [6.07, 6.45) is 22.3. The summed E-state index contributed by atoms with van der Waals surface area (Å²) < 4.78 is 49.6. The van der Waals surface area contributed by atoms with Crippen molar-refractivity contribution in [3.8, 4) is 0 Å². The first kappa shape index (κ1) is 46.6. The Morgan fingerprint density at radius 3 is 0.723 bits per heavy atom. The molecule has 0 aromatic carbocycles. The lowest BCUT2D eigenvalue weighted by atomic mass is 10.0. The average Bonchev–Trinajstić information content (AvgIpc) is 3.08. The van der Waals surface area contributed by atoms with Crippen molar-refractivity contribution in [3.63, 3.8) is 0 Å². The fourth-order valence-electron chi connectivity index (χ4n) is 4.79. The van der Waals surface area contributed by atoms with Gasteiger partial charge in [-0.3, -0.25) is 0 Å². The number of ether oxygens (including phenoxy) is 9. The molecule has 0 aliphatic carbocycles. The van der Waals surface area contributed by atoms with E-state index in [1.807, 2.05) is 7.05 Å². The first-order valence-electron chi connectivity index (χ1n) is 19.3. The van der Waals surface area contributed by atoms with E-state index >= 15 is 0 Å². The molecule has 0 rings (SSSR count). The molecule has 0 aromatic heterocycles. The average molecular weight is 680 g/mol. The van der Waals surface area contributed by atoms with Crippen LogP contribution in [0.1, 0.15) is 110 Å². The molecule has 284 valence electrons. The van der Waals surface area contributed by atoms with Gasteiger partial charge in [-0.25, -0.2) is 0 Å². The third-order valence-electron chi connectivity index (χ3n) is 7.61. The summed E-state index contributed by atoms with van der Waals surface area (Å²) in [5.74, 6) is 0. The highest BCUT2D eigenvalue weighted by Crippen LogP contribution is 2.13. The second kappa shape index (κ2) is 45.6. The first-order chi connectivity index (χ1) is 23.4. The lowest BCUT2D eigenvalue weighted by Crippen LogP contribution is -2.17. The van der Waals surface area contributed by atoms with Crippen LogP contribution in [0.25, 0.3) is 0 Å². The number of hydrogen-bond donors (Lipinski definition) is 1. The Balaban J connectivity index is 3.03. The molecule has 0 unspecified atom stereocenters. The topological polar surface area (TPSA) is 95.1 Å². The predicted molar refractivity (Wildman–Crippen MR) is 191 cm³/mol. The predicted octanol–water partition coefficient (Wildman–Crippen LogP) is 6.62. The fraction of sp³-hybridized carbons (Fsp3) is 1.00. The second-order valence-corrected chi connectivity index (χ2v) is 11.9. The molecule has 0 saturated carbocycles. The van der Waals surface area contributed by atoms with Crippen LogP contribution in [-0.4, -0.2) is 133 Å². The molecule has 0 aliphatic rings. The molecule has 0 aromatic rings. The zero-order valence-corrected chi connectivity index (χ0v) is 30.9. The maximum Gasteiger partial charge on any atom is 0.0701 e. The van der Waals surface area contributed by atoms with Crippen LogP contribution in [0.3, 0.4) is 0 Å². The van der Waals surface area contributed by atoms with Gasteiger partial charge in [-0.05, 0) is 13.5 Å². The Hall–Kier alpha value is -0.400. The van der Waals surface area contributed by atoms with Crippen LogP contribution < -0.4 is 5.32 Å². The minimum atomic E-state index is 0.539. The molecule has 47 heavy (non-hydrogen) atoms. The second-order valence-electron chi connectivity index (χ2n) is 11.9. The van der Waals surface area contributed by atoms with Crippen molar-refractivity contribution in [1.29, 1.82) is 0 Å². The number of rotatable bonds is 44. The fourth-order valence-corrected chi connectivity index (χ4v) is 4.79. The van der Waals surface area contributed by atoms with Gasteiger partial charge < -0.3 is 47.9 Å². The van der Waals surface area contributed by atoms with Gasteiger partial charge >= 0.3 is 0 Å². The highest BCUT2D eigenvalue weighted by Gasteiger charge is 1.97. The van der Waals surface area contributed by atoms with E-state index in [0.29, 0.717) is 112 Å². The highest BCUT2D eigenvalue weighted by molar-refractivity contribution is 4.50. The van der Waals surface area contributed by atoms with Gasteiger partial charge in [0, 0.05) is 13.2 Å². The molecular formula is C37H77NO9. The molecule has 0 spiro atoms. The Bertz CT molecular complexity index is 490. The third kappa shape index (κ3) is 45.6. The van der Waals surface area contributed by atoms with Gasteiger partial charge in [-0.2, -0.15) is 0 Å². The quantitative estimate of drug-likeness (QED) is 0.0709. The molecule has 0 fully saturated rings. The summed E-state index contributed by atoms with van der Waals surface area (Å²) in [5, 5.41) is 3.03. The van der Waals surface area contributed by atoms with Gasteiger partial charge in [0.1, 0.15) is 0 Å². The molecule has 1 N–H and O–H groups in total. The summed E-state index contributed by atoms with van der Waals surface area (Å²) in [6, 6.07) is 0. The van der Waals surface area contributed by atoms with E-state index in [-0.39, 0.29) is 0 Å². The lowest BCUT2D eigenvalue weighted by Gasteiger charge is -2.09. The minimum Gasteiger partial charge on any atom is -0.379 e. The van der Waals surface area contributed by atoms with Crippen LogP contribution in [0.15, 0.2) is 0 Å². The molecule has 0 amide bonds. The van der Waals surface area contributed by atoms with Crippen LogP contribution in [-0.2, 0) is 42.6 Å². The van der Waals surface area contributed by atoms with Crippen molar-refractivity contribution in [2.45, 2.75) is 110 Å². The Morgan fingerprint density at radius 2 is 0.468 bits per heavy atom. The Kier molecular flexibility index (Phi) is 45.2. The molecule has 10 heteroatoms. The van der Waals surface area contributed by atoms with Gasteiger partial charge in [0.05, 0.1) is 112 Å². The smallest absolute Gasteiger partial charge is 0.0701 e. The number of nitrogens with one attached hydrogen (secondary N) is 1. The SMILES string of the molecule is CCCCCCCCCCCCCCCCCCOCCOCCOCCOCCOCCOCCOCCOCCOCCNC. The van der Waals surface area contributed by atoms with Crippen LogP contribution in [0.5, 0.6) is 0 Å². The van der Waals surface area contributed by atoms with Gasteiger partial charge in [0.25, 0.3) is 0 Å². The lowest BCUT2D eigenvalue weighted by molar-refractivity contribution is -0.0249. The maximum atomic E-state index is 5.69. The molecule has 0 bridgehead atoms. The molecule has 0 heterocycles. The van der Waals surface area contributed by atoms with Crippen molar-refractivity contribution in [1.82, 2.24) is 5.32 Å². The van der Waals surface area contributed by atoms with E-state index in [0.717, 1.165) is 19.6 Å². The molecule has 10 nitrogen and oxygen atoms in total. The molecular weight excluding hydrogens is 602 g/mol. The van der Waals surface area contributed by atoms with Crippen LogP contribution >= 0.6 is 0 Å². The molecule has 0 saturated heterocycles. The number of likely N-dealkylation sites (N-methyl/N-ethyl adjacent to an activating group) is 1. The zero-order chi connectivity index (χ0) is 33.8. The van der Waals surface area contributed by atoms with Crippen molar-refractivity contribution >= 4 is 0 Å². The van der Waals surface area contributed by atoms with Gasteiger partial charge in [0.2, 0.25) is 0 Å². The van der Waals surface area contributed by atoms with Crippen molar-refractivity contribution < 1.29 is 42.6 Å². The normalized spacial score (nSPS) is 11.6. The highest BCUT2D eigenvalue weighted by atomic mass is 16.6. The first-order valence-corrected chi connectivity index (χ1v) is 19.3. The standard InChI is InChI=1S/C37H77NO9/c1-3-4-5-6-7-8-9-10-11-12-13-14-15-16-17-18-20-39-22-24-41-26-28-43-30-32-45-34-36-47-37-35-46-33-31-44-29-27-42-25-23-40-21-19-38-2/h38H,3-37H2,1-2H3. The van der Waals surface area contributed by atoms with E-state index in [9.17, 15) is 0 Å². The van der Waals surface area contributed by atoms with Crippen LogP contribution in [0.4, 0.5) is 0 Å². The summed E-state index contributed by atoms with van der Waals surface area (Å²) in [7, 11) is 1.90. The summed E-state index contributed by atoms with van der Waals surface area (Å²) >= 11 is 0. The largest absolute Gasteiger partial charge is 0.379 e. The van der Waals surface area contributed by atoms with E-state index in [2.05, 4.69) is 12.2 Å². The summed E-state index contributed by atoms with van der Waals surface area (Å²) in [5.41, 5.74) is 0. The van der Waals surface area contributed by atoms with Crippen LogP contribution in [0, 0.1) is 0 Å². The summed E-state index contributed by atoms with van der Waals surface area (Å²) in [4.78, 5) is 0. The van der Waals surface area contributed by atoms with Crippen molar-refractivity contribution in [2.75, 3.05) is 133 Å². The Labute approximate surface area is 289 Å². The van der Waals surface area contributed by atoms with Gasteiger partial charge in [-0.1, -0.05) is 103 Å². The summed E-state index contributed by atoms with van der Waals surface area (Å²) in [6.45, 7) is 13.8. The van der Waals surface area contributed by atoms with Gasteiger partial charge in [-0.15, -0.1) is 0 Å². The van der Waals surface area contributed by atoms with E-state index in [4.69, 9.17) is 42.6 Å². The van der Waals surface area contributed by atoms with E-state index in [1.54, 1.807) is 0 Å². The van der Waals surface area contributed by atoms with Crippen LogP contribution in [0.2, 0.25) is 0 Å². The molecule has 0 radical (unpaired) electrons. The molecule has 0 aliphatic heterocycles. The third-order valence-corrected chi connectivity index (χ3v) is 7.61. The van der Waals surface area contributed by atoms with E-state index < -0.39 is 0 Å². The van der Waals surface area contributed by atoms with E-state index in [1.165, 1.54) is 96.3 Å². The maximum absolute atomic E-state index is 5.69. The Morgan fingerprint density at radius 1 is 0.255 bits per heavy atom. The monoisotopic (exact) mass is 680 g/mol. The number of unbranched alkanes of at least 4 members (excludes halogenated alkanes) is 15. The van der Waals surface area contributed by atoms with Gasteiger partial charge in [0.15, 0.2) is 0 Å². The minimum absolute atomic E-state index is 0.539. The number of hydrogen-bond acceptors (Lipinski definition) is 10. The molecule has 0 atom stereocenters. The van der Waals surface area contributed by atoms with Crippen molar-refractivity contribution in [2.24, 2.45) is 0 Å².